The maximum atomic E-state index is 13.9. The summed E-state index contributed by atoms with van der Waals surface area (Å²) < 4.78 is 27.3. The number of carbonyl (C=O) groups is 3. The number of imidazole rings is 2. The number of carbonyl (C=O) groups excluding carboxylic acids is 3. The van der Waals surface area contributed by atoms with Crippen LogP contribution < -0.4 is 10.6 Å². The van der Waals surface area contributed by atoms with Crippen LogP contribution in [0.1, 0.15) is 77.5 Å². The van der Waals surface area contributed by atoms with E-state index >= 15 is 0 Å². The highest BCUT2D eigenvalue weighted by atomic mass is 16.5. The average molecular weight is 869 g/mol. The highest BCUT2D eigenvalue weighted by molar-refractivity contribution is 5.86. The number of rotatable bonds is 15. The molecule has 63 heavy (non-hydrogen) atoms. The monoisotopic (exact) mass is 868 g/mol. The maximum Gasteiger partial charge on any atom is 0.407 e. The first-order valence-corrected chi connectivity index (χ1v) is 22.1. The average Bonchev–Trinajstić information content (AvgIpc) is 4.13. The summed E-state index contributed by atoms with van der Waals surface area (Å²) in [7, 11) is 6.05. The fraction of sp³-hybridized carbons (Fsp3) is 0.553. The number of hydrogen-bond donors (Lipinski definition) is 4. The van der Waals surface area contributed by atoms with E-state index in [1.165, 1.54) is 14.2 Å². The molecule has 3 amide bonds. The number of amides is 3. The van der Waals surface area contributed by atoms with E-state index in [1.807, 2.05) is 31.1 Å². The van der Waals surface area contributed by atoms with Gasteiger partial charge in [-0.3, -0.25) is 9.69 Å². The first-order valence-electron chi connectivity index (χ1n) is 22.1. The van der Waals surface area contributed by atoms with Crippen LogP contribution >= 0.6 is 0 Å². The molecule has 0 saturated carbocycles. The van der Waals surface area contributed by atoms with Crippen molar-refractivity contribution in [3.05, 3.63) is 72.6 Å². The number of methoxy groups -OCH3 is 4. The zero-order chi connectivity index (χ0) is 44.8. The van der Waals surface area contributed by atoms with Gasteiger partial charge in [0.05, 0.1) is 62.2 Å². The lowest BCUT2D eigenvalue weighted by molar-refractivity contribution is -0.135. The van der Waals surface area contributed by atoms with Gasteiger partial charge in [-0.1, -0.05) is 62.4 Å². The molecule has 0 aliphatic carbocycles. The quantitative estimate of drug-likeness (QED) is 0.0978. The van der Waals surface area contributed by atoms with Gasteiger partial charge in [0.15, 0.2) is 0 Å². The largest absolute Gasteiger partial charge is 0.453 e. The lowest BCUT2D eigenvalue weighted by atomic mass is 9.88. The second kappa shape index (κ2) is 20.0. The highest BCUT2D eigenvalue weighted by Crippen LogP contribution is 2.45. The smallest absolute Gasteiger partial charge is 0.407 e. The number of likely N-dealkylation sites (tertiary alicyclic amines) is 2. The maximum absolute atomic E-state index is 13.9. The standard InChI is InChI=1S/C47H64N8O8/c1-28(2)39(52-45(57)61-7)42(56)54-26-30(27-59-5)23-38(54)41-48-24-36(50-41)33-13-9-31(10-14-33)32-11-15-34(16-12-32)37-25-49-44(51-37)47(4)20-17-29(3)55(47)43(60-6)40(53-46(58)62-8)35-18-21-63-22-19-35/h9-16,24-25,28-30,35,38-40,43H,17-23,26-27H2,1-8H3,(H,48,50)(H,49,51)(H,52,57)(H,53,58)/t29-,30-,38-,39-,40-,43?,47-/m0/s1. The Morgan fingerprint density at radius 2 is 1.43 bits per heavy atom. The van der Waals surface area contributed by atoms with Gasteiger partial charge < -0.3 is 49.2 Å². The van der Waals surface area contributed by atoms with Crippen molar-refractivity contribution in [2.45, 2.75) is 95.7 Å². The number of aromatic nitrogens is 4. The molecule has 3 saturated heterocycles. The number of nitrogens with one attached hydrogen (secondary N) is 4. The molecule has 4 aromatic rings. The first-order chi connectivity index (χ1) is 30.4. The molecule has 2 aromatic carbocycles. The summed E-state index contributed by atoms with van der Waals surface area (Å²) in [6.45, 7) is 10.5. The van der Waals surface area contributed by atoms with Gasteiger partial charge in [0, 0.05) is 45.9 Å². The third-order valence-electron chi connectivity index (χ3n) is 13.3. The van der Waals surface area contributed by atoms with Crippen LogP contribution in [0.25, 0.3) is 33.6 Å². The van der Waals surface area contributed by atoms with E-state index in [0.29, 0.717) is 38.6 Å². The summed E-state index contributed by atoms with van der Waals surface area (Å²) >= 11 is 0. The molecule has 3 aliphatic rings. The molecule has 0 radical (unpaired) electrons. The molecule has 0 bridgehead atoms. The third kappa shape index (κ3) is 9.78. The molecule has 16 heteroatoms. The number of aromatic amines is 2. The molecule has 7 atom stereocenters. The molecule has 1 unspecified atom stereocenters. The molecule has 16 nitrogen and oxygen atoms in total. The second-order valence-corrected chi connectivity index (χ2v) is 17.7. The van der Waals surface area contributed by atoms with Gasteiger partial charge in [-0.05, 0) is 80.0 Å². The number of alkyl carbamates (subject to hydrolysis) is 2. The van der Waals surface area contributed by atoms with E-state index in [2.05, 4.69) is 87.9 Å². The number of hydrogen-bond acceptors (Lipinski definition) is 11. The van der Waals surface area contributed by atoms with Gasteiger partial charge >= 0.3 is 12.2 Å². The van der Waals surface area contributed by atoms with E-state index in [4.69, 9.17) is 33.7 Å². The second-order valence-electron chi connectivity index (χ2n) is 17.7. The molecule has 2 aromatic heterocycles. The Balaban J connectivity index is 1.05. The summed E-state index contributed by atoms with van der Waals surface area (Å²) in [6.07, 6.45) is 6.34. The molecule has 0 spiro atoms. The van der Waals surface area contributed by atoms with Crippen LogP contribution in [-0.4, -0.2) is 127 Å². The van der Waals surface area contributed by atoms with Crippen LogP contribution in [0.2, 0.25) is 0 Å². The lowest BCUT2D eigenvalue weighted by Crippen LogP contribution is -2.61. The number of H-pyrrole nitrogens is 2. The van der Waals surface area contributed by atoms with Crippen LogP contribution in [0.3, 0.4) is 0 Å². The number of nitrogens with zero attached hydrogens (tertiary/aromatic N) is 4. The molecular formula is C47H64N8O8. The van der Waals surface area contributed by atoms with E-state index in [0.717, 1.165) is 65.1 Å². The van der Waals surface area contributed by atoms with E-state index in [1.54, 1.807) is 14.2 Å². The van der Waals surface area contributed by atoms with E-state index < -0.39 is 30.0 Å². The Morgan fingerprint density at radius 1 is 0.841 bits per heavy atom. The Bertz CT molecular complexity index is 2150. The Kier molecular flexibility index (Phi) is 14.5. The van der Waals surface area contributed by atoms with Gasteiger partial charge in [0.2, 0.25) is 5.91 Å². The van der Waals surface area contributed by atoms with Crippen LogP contribution in [0, 0.1) is 17.8 Å². The minimum absolute atomic E-state index is 0.126. The van der Waals surface area contributed by atoms with Crippen LogP contribution in [0.5, 0.6) is 0 Å². The topological polar surface area (TPSA) is 185 Å². The molecule has 3 aliphatic heterocycles. The van der Waals surface area contributed by atoms with Crippen molar-refractivity contribution < 1.29 is 38.1 Å². The molecule has 7 rings (SSSR count). The summed E-state index contributed by atoms with van der Waals surface area (Å²) in [4.78, 5) is 59.7. The fourth-order valence-electron chi connectivity index (χ4n) is 9.88. The van der Waals surface area contributed by atoms with E-state index in [-0.39, 0.29) is 41.8 Å². The van der Waals surface area contributed by atoms with Gasteiger partial charge in [0.1, 0.15) is 23.9 Å². The van der Waals surface area contributed by atoms with Crippen LogP contribution in [0.15, 0.2) is 60.9 Å². The van der Waals surface area contributed by atoms with Gasteiger partial charge in [0.25, 0.3) is 0 Å². The zero-order valence-corrected chi connectivity index (χ0v) is 37.8. The Morgan fingerprint density at radius 3 is 2.02 bits per heavy atom. The van der Waals surface area contributed by atoms with Crippen LogP contribution in [0.4, 0.5) is 9.59 Å². The highest BCUT2D eigenvalue weighted by Gasteiger charge is 2.51. The van der Waals surface area contributed by atoms with Crippen molar-refractivity contribution in [1.82, 2.24) is 40.4 Å². The van der Waals surface area contributed by atoms with Gasteiger partial charge in [-0.25, -0.2) is 19.6 Å². The zero-order valence-electron chi connectivity index (χ0n) is 37.8. The van der Waals surface area contributed by atoms with Gasteiger partial charge in [-0.2, -0.15) is 0 Å². The molecule has 4 N–H and O–H groups in total. The van der Waals surface area contributed by atoms with Crippen molar-refractivity contribution in [3.8, 4) is 33.6 Å². The Hall–Kier alpha value is -5.29. The minimum atomic E-state index is -0.737. The first kappa shape index (κ1) is 45.7. The molecule has 5 heterocycles. The van der Waals surface area contributed by atoms with Crippen molar-refractivity contribution in [2.75, 3.05) is 54.8 Å². The Labute approximate surface area is 370 Å². The summed E-state index contributed by atoms with van der Waals surface area (Å²) in [5, 5.41) is 5.84. The van der Waals surface area contributed by atoms with Crippen molar-refractivity contribution in [3.63, 3.8) is 0 Å². The lowest BCUT2D eigenvalue weighted by Gasteiger charge is -2.46. The molecule has 3 fully saturated rings. The fourth-order valence-corrected chi connectivity index (χ4v) is 9.88. The normalized spacial score (nSPS) is 23.4. The third-order valence-corrected chi connectivity index (χ3v) is 13.3. The summed E-state index contributed by atoms with van der Waals surface area (Å²) in [5.41, 5.74) is 5.41. The molecule has 340 valence electrons. The SMILES string of the molecule is COC[C@H]1C[C@@H](c2ncc(-c3ccc(-c4ccc(-c5cnc([C@]6(C)CC[C@H](C)N6C(OC)[C@@H](NC(=O)OC)C6CCOCC6)[nH]5)cc4)cc3)[nH]2)N(C(=O)[C@@H](NC(=O)OC)C(C)C)C1. The van der Waals surface area contributed by atoms with Crippen molar-refractivity contribution >= 4 is 18.1 Å². The number of benzene rings is 2. The predicted octanol–water partition coefficient (Wildman–Crippen LogP) is 6.87. The number of ether oxygens (including phenoxy) is 5. The minimum Gasteiger partial charge on any atom is -0.453 e. The van der Waals surface area contributed by atoms with Crippen molar-refractivity contribution in [2.24, 2.45) is 17.8 Å². The van der Waals surface area contributed by atoms with E-state index in [9.17, 15) is 14.4 Å². The summed E-state index contributed by atoms with van der Waals surface area (Å²) in [6, 6.07) is 15.6. The molecular weight excluding hydrogens is 805 g/mol. The predicted molar refractivity (Wildman–Crippen MR) is 237 cm³/mol. The van der Waals surface area contributed by atoms with Crippen molar-refractivity contribution in [1.29, 1.82) is 0 Å². The van der Waals surface area contributed by atoms with Crippen LogP contribution in [-0.2, 0) is 34.0 Å². The summed E-state index contributed by atoms with van der Waals surface area (Å²) in [5.74, 6) is 1.52. The van der Waals surface area contributed by atoms with Gasteiger partial charge in [-0.15, -0.1) is 0 Å².